The number of hydrogen-bond acceptors (Lipinski definition) is 5. The molecule has 0 bridgehead atoms. The zero-order valence-corrected chi connectivity index (χ0v) is 19.8. The zero-order valence-electron chi connectivity index (χ0n) is 19.8. The van der Waals surface area contributed by atoms with Gasteiger partial charge in [-0.2, -0.15) is 0 Å². The lowest BCUT2D eigenvalue weighted by atomic mass is 9.91. The lowest BCUT2D eigenvalue weighted by Gasteiger charge is -2.26. The fourth-order valence-corrected chi connectivity index (χ4v) is 4.84. The molecule has 1 aliphatic carbocycles. The van der Waals surface area contributed by atoms with Crippen molar-refractivity contribution in [1.82, 2.24) is 4.90 Å². The number of carbonyl (C=O) groups is 2. The highest BCUT2D eigenvalue weighted by Crippen LogP contribution is 2.37. The Morgan fingerprint density at radius 3 is 2.65 bits per heavy atom. The van der Waals surface area contributed by atoms with E-state index in [9.17, 15) is 9.59 Å². The Balaban J connectivity index is 1.60. The van der Waals surface area contributed by atoms with Gasteiger partial charge in [-0.15, -0.1) is 6.58 Å². The summed E-state index contributed by atoms with van der Waals surface area (Å²) < 4.78 is 17.1. The Bertz CT molecular complexity index is 999. The summed E-state index contributed by atoms with van der Waals surface area (Å²) in [7, 11) is 1.62. The van der Waals surface area contributed by atoms with E-state index in [4.69, 9.17) is 14.2 Å². The Hall–Kier alpha value is -3.28. The molecule has 1 aliphatic heterocycles. The molecule has 0 radical (unpaired) electrons. The molecular formula is C28H33NO5. The first-order valence-corrected chi connectivity index (χ1v) is 12.1. The van der Waals surface area contributed by atoms with E-state index >= 15 is 0 Å². The maximum absolute atomic E-state index is 13.8. The quantitative estimate of drug-likeness (QED) is 0.426. The van der Waals surface area contributed by atoms with Gasteiger partial charge in [0, 0.05) is 0 Å². The summed E-state index contributed by atoms with van der Waals surface area (Å²) in [4.78, 5) is 27.7. The Kier molecular flexibility index (Phi) is 7.88. The zero-order chi connectivity index (χ0) is 23.9. The molecule has 2 aliphatic rings. The number of carbonyl (C=O) groups excluding carboxylic acids is 2. The van der Waals surface area contributed by atoms with Crippen molar-refractivity contribution in [3.05, 3.63) is 72.3 Å². The minimum absolute atomic E-state index is 0.162. The molecule has 2 amide bonds. The minimum Gasteiger partial charge on any atom is -0.493 e. The fourth-order valence-electron chi connectivity index (χ4n) is 4.84. The van der Waals surface area contributed by atoms with Crippen molar-refractivity contribution in [3.63, 3.8) is 0 Å². The number of ether oxygens (including phenoxy) is 3. The molecule has 34 heavy (non-hydrogen) atoms. The number of rotatable bonds is 10. The average Bonchev–Trinajstić information content (AvgIpc) is 3.49. The van der Waals surface area contributed by atoms with Gasteiger partial charge >= 0.3 is 6.09 Å². The van der Waals surface area contributed by atoms with E-state index in [0.717, 1.165) is 36.8 Å². The van der Waals surface area contributed by atoms with E-state index in [1.165, 1.54) is 4.90 Å². The lowest BCUT2D eigenvalue weighted by Crippen LogP contribution is -2.43. The third kappa shape index (κ3) is 5.44. The summed E-state index contributed by atoms with van der Waals surface area (Å²) in [5, 5.41) is 0. The van der Waals surface area contributed by atoms with Gasteiger partial charge in [0.25, 0.3) is 0 Å². The highest BCUT2D eigenvalue weighted by atomic mass is 16.6. The van der Waals surface area contributed by atoms with Gasteiger partial charge in [0.15, 0.2) is 11.5 Å². The van der Waals surface area contributed by atoms with E-state index in [-0.39, 0.29) is 24.7 Å². The van der Waals surface area contributed by atoms with Crippen molar-refractivity contribution in [3.8, 4) is 11.5 Å². The van der Waals surface area contributed by atoms with Crippen LogP contribution in [0.1, 0.15) is 55.6 Å². The monoisotopic (exact) mass is 463 g/mol. The van der Waals surface area contributed by atoms with Gasteiger partial charge in [-0.05, 0) is 68.2 Å². The molecule has 2 aromatic carbocycles. The second-order valence-corrected chi connectivity index (χ2v) is 8.98. The van der Waals surface area contributed by atoms with Crippen LogP contribution in [0.25, 0.3) is 0 Å². The molecule has 0 spiro atoms. The normalized spacial score (nSPS) is 19.0. The summed E-state index contributed by atoms with van der Waals surface area (Å²) >= 11 is 0. The van der Waals surface area contributed by atoms with E-state index < -0.39 is 12.0 Å². The van der Waals surface area contributed by atoms with Gasteiger partial charge in [-0.25, -0.2) is 9.69 Å². The van der Waals surface area contributed by atoms with Gasteiger partial charge in [-0.3, -0.25) is 4.79 Å². The van der Waals surface area contributed by atoms with Crippen LogP contribution in [0.3, 0.4) is 0 Å². The molecule has 180 valence electrons. The minimum atomic E-state index is -0.578. The van der Waals surface area contributed by atoms with E-state index in [1.54, 1.807) is 13.2 Å². The van der Waals surface area contributed by atoms with Crippen LogP contribution in [0.4, 0.5) is 4.79 Å². The molecular weight excluding hydrogens is 430 g/mol. The van der Waals surface area contributed by atoms with E-state index in [1.807, 2.05) is 48.5 Å². The van der Waals surface area contributed by atoms with Crippen LogP contribution < -0.4 is 9.47 Å². The third-order valence-corrected chi connectivity index (χ3v) is 6.66. The predicted octanol–water partition coefficient (Wildman–Crippen LogP) is 5.66. The highest BCUT2D eigenvalue weighted by molar-refractivity contribution is 5.97. The molecule has 0 N–H and O–H groups in total. The largest absolute Gasteiger partial charge is 0.493 e. The lowest BCUT2D eigenvalue weighted by molar-refractivity contribution is -0.130. The van der Waals surface area contributed by atoms with Gasteiger partial charge in [0.2, 0.25) is 5.91 Å². The second-order valence-electron chi connectivity index (χ2n) is 8.98. The molecule has 2 aromatic rings. The molecule has 1 heterocycles. The van der Waals surface area contributed by atoms with Crippen LogP contribution in [0, 0.1) is 0 Å². The summed E-state index contributed by atoms with van der Waals surface area (Å²) in [6.07, 6.45) is 7.49. The number of hydrogen-bond donors (Lipinski definition) is 0. The number of imide groups is 1. The first kappa shape index (κ1) is 23.9. The number of allylic oxidation sites excluding steroid dienone is 1. The average molecular weight is 464 g/mol. The molecule has 1 saturated heterocycles. The van der Waals surface area contributed by atoms with Crippen molar-refractivity contribution >= 4 is 12.0 Å². The molecule has 6 heteroatoms. The summed E-state index contributed by atoms with van der Waals surface area (Å²) in [5.41, 5.74) is 1.86. The maximum Gasteiger partial charge on any atom is 0.417 e. The molecule has 1 saturated carbocycles. The Morgan fingerprint density at radius 2 is 1.94 bits per heavy atom. The number of nitrogens with zero attached hydrogens (tertiary/aromatic N) is 1. The molecule has 6 nitrogen and oxygen atoms in total. The Morgan fingerprint density at radius 1 is 1.18 bits per heavy atom. The first-order valence-electron chi connectivity index (χ1n) is 12.1. The smallest absolute Gasteiger partial charge is 0.417 e. The maximum atomic E-state index is 13.8. The molecule has 2 unspecified atom stereocenters. The summed E-state index contributed by atoms with van der Waals surface area (Å²) in [5.74, 6) is 0.530. The standard InChI is InChI=1S/C28H33NO5/c1-3-4-14-24(21-15-16-25(32-2)26(18-21)34-23-12-8-9-13-23)27(30)29-22(19-33-28(29)31)17-20-10-6-5-7-11-20/h3,5-7,10-11,15-16,18,22-24H,1,4,8-9,12-14,17,19H2,2H3. The van der Waals surface area contributed by atoms with Crippen molar-refractivity contribution in [2.45, 2.75) is 63.0 Å². The fraction of sp³-hybridized carbons (Fsp3) is 0.429. The SMILES string of the molecule is C=CCCC(C(=O)N1C(=O)OCC1Cc1ccccc1)c1ccc(OC)c(OC2CCCC2)c1. The number of benzene rings is 2. The number of methoxy groups -OCH3 is 1. The van der Waals surface area contributed by atoms with Gasteiger partial charge in [0.1, 0.15) is 6.61 Å². The predicted molar refractivity (Wildman–Crippen MR) is 130 cm³/mol. The second kappa shape index (κ2) is 11.2. The topological polar surface area (TPSA) is 65.1 Å². The highest BCUT2D eigenvalue weighted by Gasteiger charge is 2.41. The molecule has 2 fully saturated rings. The van der Waals surface area contributed by atoms with Gasteiger partial charge < -0.3 is 14.2 Å². The van der Waals surface area contributed by atoms with Crippen LogP contribution in [0.5, 0.6) is 11.5 Å². The van der Waals surface area contributed by atoms with Crippen molar-refractivity contribution < 1.29 is 23.8 Å². The van der Waals surface area contributed by atoms with Crippen molar-refractivity contribution in [2.75, 3.05) is 13.7 Å². The molecule has 0 aromatic heterocycles. The number of amides is 2. The third-order valence-electron chi connectivity index (χ3n) is 6.66. The number of cyclic esters (lactones) is 1. The van der Waals surface area contributed by atoms with Crippen LogP contribution in [0.15, 0.2) is 61.2 Å². The first-order chi connectivity index (χ1) is 16.6. The van der Waals surface area contributed by atoms with Crippen LogP contribution in [-0.2, 0) is 16.0 Å². The van der Waals surface area contributed by atoms with Crippen LogP contribution in [0.2, 0.25) is 0 Å². The van der Waals surface area contributed by atoms with Gasteiger partial charge in [0.05, 0.1) is 25.2 Å². The van der Waals surface area contributed by atoms with Crippen LogP contribution >= 0.6 is 0 Å². The molecule has 2 atom stereocenters. The molecule has 4 rings (SSSR count). The van der Waals surface area contributed by atoms with Gasteiger partial charge in [-0.1, -0.05) is 42.5 Å². The summed E-state index contributed by atoms with van der Waals surface area (Å²) in [6, 6.07) is 15.1. The van der Waals surface area contributed by atoms with Crippen molar-refractivity contribution in [1.29, 1.82) is 0 Å². The van der Waals surface area contributed by atoms with Crippen LogP contribution in [-0.4, -0.2) is 42.8 Å². The van der Waals surface area contributed by atoms with E-state index in [2.05, 4.69) is 6.58 Å². The van der Waals surface area contributed by atoms with E-state index in [0.29, 0.717) is 30.8 Å². The van der Waals surface area contributed by atoms with Crippen molar-refractivity contribution in [2.24, 2.45) is 0 Å². The summed E-state index contributed by atoms with van der Waals surface area (Å²) in [6.45, 7) is 4.02. The Labute approximate surface area is 201 Å².